The van der Waals surface area contributed by atoms with Crippen molar-refractivity contribution in [1.82, 2.24) is 10.0 Å². The first-order valence-corrected chi connectivity index (χ1v) is 12.1. The molecular formula is C25H23Cl2FN2O4. The summed E-state index contributed by atoms with van der Waals surface area (Å²) in [6, 6.07) is 9.81. The highest BCUT2D eigenvalue weighted by Gasteiger charge is 2.53. The number of alkyl halides is 1. The third-order valence-corrected chi connectivity index (χ3v) is 7.00. The van der Waals surface area contributed by atoms with E-state index in [4.69, 9.17) is 23.2 Å². The first-order valence-electron chi connectivity index (χ1n) is 11.2. The Kier molecular flexibility index (Phi) is 7.33. The van der Waals surface area contributed by atoms with Gasteiger partial charge >= 0.3 is 0 Å². The molecule has 3 atom stereocenters. The molecule has 0 radical (unpaired) electrons. The van der Waals surface area contributed by atoms with Gasteiger partial charge in [0.1, 0.15) is 11.9 Å². The van der Waals surface area contributed by atoms with E-state index in [1.54, 1.807) is 12.1 Å². The molecule has 1 saturated heterocycles. The lowest BCUT2D eigenvalue weighted by atomic mass is 9.81. The molecule has 2 aromatic rings. The molecule has 1 saturated carbocycles. The van der Waals surface area contributed by atoms with E-state index >= 15 is 0 Å². The minimum atomic E-state index is -1.26. The Labute approximate surface area is 206 Å². The number of hydrazine groups is 1. The van der Waals surface area contributed by atoms with E-state index in [-0.39, 0.29) is 28.5 Å². The first kappa shape index (κ1) is 24.4. The summed E-state index contributed by atoms with van der Waals surface area (Å²) in [5.74, 6) is -3.91. The quantitative estimate of drug-likeness (QED) is 0.305. The van der Waals surface area contributed by atoms with Crippen molar-refractivity contribution in [3.8, 4) is 0 Å². The van der Waals surface area contributed by atoms with Crippen LogP contribution in [0.4, 0.5) is 4.39 Å². The number of nitrogens with zero attached hydrogens (tertiary/aromatic N) is 2. The Bertz CT molecular complexity index is 1100. The lowest BCUT2D eigenvalue weighted by Gasteiger charge is -2.36. The number of halogens is 3. The van der Waals surface area contributed by atoms with Gasteiger partial charge in [-0.3, -0.25) is 19.2 Å². The highest BCUT2D eigenvalue weighted by molar-refractivity contribution is 6.34. The largest absolute Gasteiger partial charge is 0.292 e. The van der Waals surface area contributed by atoms with Crippen LogP contribution < -0.4 is 0 Å². The molecule has 2 aliphatic rings. The summed E-state index contributed by atoms with van der Waals surface area (Å²) in [6.07, 6.45) is 2.69. The predicted octanol–water partition coefficient (Wildman–Crippen LogP) is 4.89. The number of Topliss-reactive ketones (excluding diaryl/α,β-unsaturated/α-hetero) is 1. The summed E-state index contributed by atoms with van der Waals surface area (Å²) < 4.78 is 13.5. The zero-order chi connectivity index (χ0) is 24.4. The van der Waals surface area contributed by atoms with Crippen LogP contribution in [0, 0.1) is 17.7 Å². The molecule has 0 unspecified atom stereocenters. The maximum absolute atomic E-state index is 13.8. The highest BCUT2D eigenvalue weighted by Crippen LogP contribution is 2.40. The average Bonchev–Trinajstić information content (AvgIpc) is 3.09. The summed E-state index contributed by atoms with van der Waals surface area (Å²) in [7, 11) is 0. The number of hydrogen-bond acceptors (Lipinski definition) is 4. The van der Waals surface area contributed by atoms with Crippen molar-refractivity contribution in [2.45, 2.75) is 38.1 Å². The number of carbonyl (C=O) groups excluding carboxylic acids is 4. The van der Waals surface area contributed by atoms with Crippen LogP contribution in [-0.4, -0.2) is 45.4 Å². The van der Waals surface area contributed by atoms with Crippen molar-refractivity contribution >= 4 is 46.7 Å². The van der Waals surface area contributed by atoms with E-state index in [2.05, 4.69) is 0 Å². The Morgan fingerprint density at radius 2 is 1.59 bits per heavy atom. The van der Waals surface area contributed by atoms with Gasteiger partial charge in [0.2, 0.25) is 0 Å². The van der Waals surface area contributed by atoms with Crippen LogP contribution in [-0.2, 0) is 9.59 Å². The lowest BCUT2D eigenvalue weighted by Crippen LogP contribution is -2.57. The molecule has 3 amide bonds. The van der Waals surface area contributed by atoms with Crippen molar-refractivity contribution < 1.29 is 23.6 Å². The molecule has 2 aromatic carbocycles. The number of carbonyl (C=O) groups is 4. The topological polar surface area (TPSA) is 74.8 Å². The van der Waals surface area contributed by atoms with Crippen LogP contribution in [0.15, 0.2) is 48.5 Å². The van der Waals surface area contributed by atoms with E-state index in [1.165, 1.54) is 24.3 Å². The van der Waals surface area contributed by atoms with Gasteiger partial charge in [0, 0.05) is 11.4 Å². The number of ketones is 1. The van der Waals surface area contributed by atoms with Crippen LogP contribution in [0.2, 0.25) is 5.02 Å². The molecule has 1 aliphatic carbocycles. The normalized spacial score (nSPS) is 20.7. The monoisotopic (exact) mass is 504 g/mol. The molecule has 178 valence electrons. The van der Waals surface area contributed by atoms with E-state index in [1.807, 2.05) is 0 Å². The molecule has 1 heterocycles. The molecule has 0 spiro atoms. The van der Waals surface area contributed by atoms with Crippen molar-refractivity contribution in [3.05, 3.63) is 70.5 Å². The molecular weight excluding hydrogens is 482 g/mol. The number of rotatable bonds is 7. The minimum absolute atomic E-state index is 0.0209. The van der Waals surface area contributed by atoms with Crippen molar-refractivity contribution in [2.75, 3.05) is 5.88 Å². The fraction of sp³-hybridized carbons (Fsp3) is 0.360. The van der Waals surface area contributed by atoms with Gasteiger partial charge in [0.15, 0.2) is 5.78 Å². The summed E-state index contributed by atoms with van der Waals surface area (Å²) in [6.45, 7) is 0. The zero-order valence-electron chi connectivity index (χ0n) is 18.3. The maximum atomic E-state index is 13.8. The number of fused-ring (bicyclic) bond motifs is 1. The van der Waals surface area contributed by atoms with Crippen molar-refractivity contribution in [2.24, 2.45) is 11.8 Å². The van der Waals surface area contributed by atoms with Gasteiger partial charge in [-0.15, -0.1) is 11.6 Å². The number of amides is 3. The number of hydrogen-bond donors (Lipinski definition) is 0. The Balaban J connectivity index is 1.82. The van der Waals surface area contributed by atoms with Crippen LogP contribution in [0.3, 0.4) is 0 Å². The molecule has 4 rings (SSSR count). The predicted molar refractivity (Wildman–Crippen MR) is 125 cm³/mol. The third kappa shape index (κ3) is 4.46. The average molecular weight is 505 g/mol. The molecule has 0 bridgehead atoms. The van der Waals surface area contributed by atoms with Crippen molar-refractivity contribution in [1.29, 1.82) is 0 Å². The molecule has 0 aromatic heterocycles. The van der Waals surface area contributed by atoms with E-state index in [0.717, 1.165) is 35.0 Å². The maximum Gasteiger partial charge on any atom is 0.275 e. The molecule has 0 N–H and O–H groups in total. The second-order valence-corrected chi connectivity index (χ2v) is 9.27. The number of benzene rings is 2. The van der Waals surface area contributed by atoms with Gasteiger partial charge < -0.3 is 0 Å². The lowest BCUT2D eigenvalue weighted by molar-refractivity contribution is -0.156. The summed E-state index contributed by atoms with van der Waals surface area (Å²) in [5.41, 5.74) is 0.177. The van der Waals surface area contributed by atoms with E-state index < -0.39 is 47.2 Å². The Hall–Kier alpha value is -2.77. The number of imide groups is 1. The summed E-state index contributed by atoms with van der Waals surface area (Å²) in [5, 5.41) is 1.89. The van der Waals surface area contributed by atoms with Crippen LogP contribution in [0.5, 0.6) is 0 Å². The third-order valence-electron chi connectivity index (χ3n) is 6.45. The fourth-order valence-corrected chi connectivity index (χ4v) is 5.18. The zero-order valence-corrected chi connectivity index (χ0v) is 19.8. The van der Waals surface area contributed by atoms with Crippen molar-refractivity contribution in [3.63, 3.8) is 0 Å². The SMILES string of the molecule is O=C(c1ccc(F)cc1)[C@H](CCCl)N(C(=O)c1ccccc1Cl)N1C(=O)[C@H]2CCCC[C@@H]2C1=O. The molecule has 1 aliphatic heterocycles. The summed E-state index contributed by atoms with van der Waals surface area (Å²) >= 11 is 12.3. The van der Waals surface area contributed by atoms with Crippen LogP contribution in [0.1, 0.15) is 52.8 Å². The van der Waals surface area contributed by atoms with Crippen LogP contribution >= 0.6 is 23.2 Å². The smallest absolute Gasteiger partial charge is 0.275 e. The van der Waals surface area contributed by atoms with Crippen LogP contribution in [0.25, 0.3) is 0 Å². The molecule has 9 heteroatoms. The molecule has 34 heavy (non-hydrogen) atoms. The van der Waals surface area contributed by atoms with Gasteiger partial charge in [-0.1, -0.05) is 36.6 Å². The van der Waals surface area contributed by atoms with Gasteiger partial charge in [0.05, 0.1) is 22.4 Å². The highest BCUT2D eigenvalue weighted by atomic mass is 35.5. The fourth-order valence-electron chi connectivity index (χ4n) is 4.76. The van der Waals surface area contributed by atoms with E-state index in [0.29, 0.717) is 12.8 Å². The second-order valence-electron chi connectivity index (χ2n) is 8.48. The van der Waals surface area contributed by atoms with Gasteiger partial charge in [-0.25, -0.2) is 9.40 Å². The minimum Gasteiger partial charge on any atom is -0.292 e. The molecule has 2 fully saturated rings. The standard InChI is InChI=1S/C25H23Cl2FN2O4/c26-14-13-21(22(31)15-9-11-16(28)12-10-15)29(25(34)19-7-3-4-8-20(19)27)30-23(32)17-5-1-2-6-18(17)24(30)33/h3-4,7-12,17-18,21H,1-2,5-6,13-14H2/t17-,18-,21-/m0/s1. The Morgan fingerprint density at radius 3 is 2.15 bits per heavy atom. The van der Waals surface area contributed by atoms with Gasteiger partial charge in [-0.2, -0.15) is 5.01 Å². The second kappa shape index (κ2) is 10.2. The first-order chi connectivity index (χ1) is 16.3. The van der Waals surface area contributed by atoms with Gasteiger partial charge in [-0.05, 0) is 55.7 Å². The Morgan fingerprint density at radius 1 is 1.00 bits per heavy atom. The van der Waals surface area contributed by atoms with E-state index in [9.17, 15) is 23.6 Å². The molecule has 6 nitrogen and oxygen atoms in total. The van der Waals surface area contributed by atoms with Gasteiger partial charge in [0.25, 0.3) is 17.7 Å². The summed E-state index contributed by atoms with van der Waals surface area (Å²) in [4.78, 5) is 54.1.